The maximum Gasteiger partial charge on any atom is 0.255 e. The van der Waals surface area contributed by atoms with E-state index in [4.69, 9.17) is 14.2 Å². The SMILES string of the molecule is Cc1c(Cc2ccc(C(=O)NCC3CCCO3)c(F)c2)cc(C(=O)N[C@H]2CCOC[C@@H]2O)c2c1CCO2. The van der Waals surface area contributed by atoms with Crippen molar-refractivity contribution in [3.8, 4) is 5.75 Å². The highest BCUT2D eigenvalue weighted by molar-refractivity contribution is 5.98. The van der Waals surface area contributed by atoms with E-state index in [2.05, 4.69) is 10.6 Å². The van der Waals surface area contributed by atoms with Gasteiger partial charge in [-0.25, -0.2) is 4.39 Å². The lowest BCUT2D eigenvalue weighted by atomic mass is 9.91. The smallest absolute Gasteiger partial charge is 0.255 e. The number of aliphatic hydroxyl groups is 1. The highest BCUT2D eigenvalue weighted by atomic mass is 19.1. The molecule has 2 saturated heterocycles. The van der Waals surface area contributed by atoms with Gasteiger partial charge in [-0.15, -0.1) is 0 Å². The van der Waals surface area contributed by atoms with Gasteiger partial charge in [0.15, 0.2) is 0 Å². The van der Waals surface area contributed by atoms with Gasteiger partial charge in [-0.1, -0.05) is 6.07 Å². The fourth-order valence-corrected chi connectivity index (χ4v) is 5.27. The van der Waals surface area contributed by atoms with Crippen LogP contribution in [-0.2, 0) is 22.3 Å². The fourth-order valence-electron chi connectivity index (χ4n) is 5.27. The van der Waals surface area contributed by atoms with Crippen molar-refractivity contribution in [1.82, 2.24) is 10.6 Å². The summed E-state index contributed by atoms with van der Waals surface area (Å²) in [7, 11) is 0. The molecule has 5 rings (SSSR count). The topological polar surface area (TPSA) is 106 Å². The summed E-state index contributed by atoms with van der Waals surface area (Å²) in [5, 5.41) is 15.9. The largest absolute Gasteiger partial charge is 0.492 e. The Morgan fingerprint density at radius 3 is 2.73 bits per heavy atom. The number of hydrogen-bond donors (Lipinski definition) is 3. The molecule has 0 radical (unpaired) electrons. The van der Waals surface area contributed by atoms with Gasteiger partial charge in [0.2, 0.25) is 0 Å². The highest BCUT2D eigenvalue weighted by Crippen LogP contribution is 2.35. The molecule has 0 bridgehead atoms. The third-order valence-corrected chi connectivity index (χ3v) is 7.44. The van der Waals surface area contributed by atoms with E-state index in [0.29, 0.717) is 62.5 Å². The molecule has 1 unspecified atom stereocenters. The van der Waals surface area contributed by atoms with Crippen molar-refractivity contribution < 1.29 is 33.3 Å². The van der Waals surface area contributed by atoms with Gasteiger partial charge in [0.1, 0.15) is 11.6 Å². The summed E-state index contributed by atoms with van der Waals surface area (Å²) < 4.78 is 31.5. The quantitative estimate of drug-likeness (QED) is 0.526. The Labute approximate surface area is 215 Å². The van der Waals surface area contributed by atoms with Crippen molar-refractivity contribution in [2.24, 2.45) is 0 Å². The Hall–Kier alpha value is -3.01. The minimum Gasteiger partial charge on any atom is -0.492 e. The lowest BCUT2D eigenvalue weighted by Crippen LogP contribution is -2.48. The normalized spacial score (nSPS) is 22.8. The number of benzene rings is 2. The first-order valence-electron chi connectivity index (χ1n) is 12.9. The number of ether oxygens (including phenoxy) is 3. The number of carbonyl (C=O) groups excluding carboxylic acids is 2. The molecule has 3 aliphatic rings. The van der Waals surface area contributed by atoms with Crippen LogP contribution in [0.15, 0.2) is 24.3 Å². The summed E-state index contributed by atoms with van der Waals surface area (Å²) in [4.78, 5) is 25.7. The van der Waals surface area contributed by atoms with Crippen molar-refractivity contribution >= 4 is 11.8 Å². The molecule has 2 amide bonds. The highest BCUT2D eigenvalue weighted by Gasteiger charge is 2.30. The minimum atomic E-state index is -0.763. The molecule has 3 atom stereocenters. The number of nitrogens with one attached hydrogen (secondary N) is 2. The Kier molecular flexibility index (Phi) is 7.73. The summed E-state index contributed by atoms with van der Waals surface area (Å²) in [5.41, 5.74) is 3.97. The standard InChI is InChI=1S/C28H33FN2O6/c1-16-18(11-17-4-5-21(23(29)12-17)27(33)30-14-19-3-2-8-36-19)13-22(26-20(16)6-10-37-26)28(34)31-24-7-9-35-15-25(24)32/h4-5,12-13,19,24-25,32H,2-3,6-11,14-15H2,1H3,(H,30,33)(H,31,34)/t19?,24-,25-/m0/s1. The van der Waals surface area contributed by atoms with E-state index in [0.717, 1.165) is 29.5 Å². The van der Waals surface area contributed by atoms with Crippen LogP contribution in [0, 0.1) is 12.7 Å². The van der Waals surface area contributed by atoms with Crippen molar-refractivity contribution in [2.75, 3.05) is 33.0 Å². The van der Waals surface area contributed by atoms with E-state index >= 15 is 0 Å². The molecule has 3 heterocycles. The summed E-state index contributed by atoms with van der Waals surface area (Å²) in [6.07, 6.45) is 2.70. The van der Waals surface area contributed by atoms with Crippen molar-refractivity contribution in [3.63, 3.8) is 0 Å². The predicted molar refractivity (Wildman–Crippen MR) is 134 cm³/mol. The molecule has 2 fully saturated rings. The molecule has 8 nitrogen and oxygen atoms in total. The van der Waals surface area contributed by atoms with Gasteiger partial charge in [0, 0.05) is 31.7 Å². The predicted octanol–water partition coefficient (Wildman–Crippen LogP) is 2.45. The zero-order valence-electron chi connectivity index (χ0n) is 21.0. The van der Waals surface area contributed by atoms with E-state index in [1.807, 2.05) is 6.92 Å². The monoisotopic (exact) mass is 512 g/mol. The van der Waals surface area contributed by atoms with Crippen LogP contribution < -0.4 is 15.4 Å². The number of aliphatic hydroxyl groups excluding tert-OH is 1. The van der Waals surface area contributed by atoms with Gasteiger partial charge in [-0.3, -0.25) is 9.59 Å². The third kappa shape index (κ3) is 5.63. The molecule has 198 valence electrons. The molecule has 0 saturated carbocycles. The molecule has 9 heteroatoms. The number of amides is 2. The second-order valence-corrected chi connectivity index (χ2v) is 9.96. The maximum absolute atomic E-state index is 14.9. The van der Waals surface area contributed by atoms with Crippen molar-refractivity contribution in [2.45, 2.75) is 57.3 Å². The first-order valence-corrected chi connectivity index (χ1v) is 12.9. The second kappa shape index (κ2) is 11.2. The number of rotatable bonds is 7. The molecule has 3 aliphatic heterocycles. The van der Waals surface area contributed by atoms with Crippen LogP contribution in [0.4, 0.5) is 4.39 Å². The average molecular weight is 513 g/mol. The van der Waals surface area contributed by atoms with Crippen LogP contribution >= 0.6 is 0 Å². The number of hydrogen-bond acceptors (Lipinski definition) is 6. The van der Waals surface area contributed by atoms with Gasteiger partial charge in [0.25, 0.3) is 11.8 Å². The molecule has 2 aromatic rings. The van der Waals surface area contributed by atoms with Gasteiger partial charge in [-0.05, 0) is 67.5 Å². The Morgan fingerprint density at radius 2 is 1.97 bits per heavy atom. The fraction of sp³-hybridized carbons (Fsp3) is 0.500. The first kappa shape index (κ1) is 25.6. The summed E-state index contributed by atoms with van der Waals surface area (Å²) in [6, 6.07) is 6.02. The molecule has 3 N–H and O–H groups in total. The molecule has 0 aliphatic carbocycles. The van der Waals surface area contributed by atoms with E-state index in [1.165, 1.54) is 12.1 Å². The lowest BCUT2D eigenvalue weighted by molar-refractivity contribution is -0.0261. The molecule has 2 aromatic carbocycles. The van der Waals surface area contributed by atoms with Crippen LogP contribution in [0.2, 0.25) is 0 Å². The van der Waals surface area contributed by atoms with Crippen LogP contribution in [0.25, 0.3) is 0 Å². The Balaban J connectivity index is 1.33. The summed E-state index contributed by atoms with van der Waals surface area (Å²) >= 11 is 0. The zero-order valence-corrected chi connectivity index (χ0v) is 21.0. The molecular weight excluding hydrogens is 479 g/mol. The molecule has 0 aromatic heterocycles. The Bertz CT molecular complexity index is 1180. The van der Waals surface area contributed by atoms with Crippen LogP contribution in [0.3, 0.4) is 0 Å². The van der Waals surface area contributed by atoms with Crippen molar-refractivity contribution in [1.29, 1.82) is 0 Å². The van der Waals surface area contributed by atoms with Gasteiger partial charge < -0.3 is 30.0 Å². The van der Waals surface area contributed by atoms with E-state index in [1.54, 1.807) is 12.1 Å². The van der Waals surface area contributed by atoms with Crippen molar-refractivity contribution in [3.05, 3.63) is 63.5 Å². The molecule has 0 spiro atoms. The van der Waals surface area contributed by atoms with Gasteiger partial charge in [-0.2, -0.15) is 0 Å². The number of carbonyl (C=O) groups is 2. The van der Waals surface area contributed by atoms with E-state index in [9.17, 15) is 19.1 Å². The first-order chi connectivity index (χ1) is 17.9. The minimum absolute atomic E-state index is 0.00379. The van der Waals surface area contributed by atoms with E-state index in [-0.39, 0.29) is 24.2 Å². The van der Waals surface area contributed by atoms with Crippen LogP contribution in [-0.4, -0.2) is 68.1 Å². The lowest BCUT2D eigenvalue weighted by Gasteiger charge is -2.28. The second-order valence-electron chi connectivity index (χ2n) is 9.96. The van der Waals surface area contributed by atoms with Crippen LogP contribution in [0.1, 0.15) is 62.2 Å². The number of halogens is 1. The van der Waals surface area contributed by atoms with Gasteiger partial charge >= 0.3 is 0 Å². The van der Waals surface area contributed by atoms with E-state index < -0.39 is 23.9 Å². The zero-order chi connectivity index (χ0) is 25.9. The summed E-state index contributed by atoms with van der Waals surface area (Å²) in [5.74, 6) is -0.782. The Morgan fingerprint density at radius 1 is 1.11 bits per heavy atom. The van der Waals surface area contributed by atoms with Crippen LogP contribution in [0.5, 0.6) is 5.75 Å². The number of fused-ring (bicyclic) bond motifs is 1. The molecule has 37 heavy (non-hydrogen) atoms. The van der Waals surface area contributed by atoms with Gasteiger partial charge in [0.05, 0.1) is 42.6 Å². The maximum atomic E-state index is 14.9. The third-order valence-electron chi connectivity index (χ3n) is 7.44. The average Bonchev–Trinajstić information content (AvgIpc) is 3.58. The molecular formula is C28H33FN2O6. The summed E-state index contributed by atoms with van der Waals surface area (Å²) in [6.45, 7) is 4.20.